The molecule has 2 heteroatoms. The fourth-order valence-electron chi connectivity index (χ4n) is 3.91. The monoisotopic (exact) mass is 355 g/mol. The molecule has 0 heterocycles. The van der Waals surface area contributed by atoms with Crippen molar-refractivity contribution in [2.75, 3.05) is 14.1 Å². The van der Waals surface area contributed by atoms with Crippen LogP contribution in [0.25, 0.3) is 0 Å². The third kappa shape index (κ3) is 15.7. The molecular weight excluding hydrogens is 306 g/mol. The number of rotatable bonds is 18. The summed E-state index contributed by atoms with van der Waals surface area (Å²) >= 11 is 0. The maximum atomic E-state index is 2.50. The first-order chi connectivity index (χ1) is 11.6. The van der Waals surface area contributed by atoms with Crippen molar-refractivity contribution in [3.63, 3.8) is 0 Å². The number of hydrogen-bond acceptors (Lipinski definition) is 1. The minimum atomic E-state index is -0.510. The summed E-state index contributed by atoms with van der Waals surface area (Å²) < 4.78 is 0. The zero-order chi connectivity index (χ0) is 18.0. The molecule has 1 atom stereocenters. The minimum absolute atomic E-state index is 0.510. The van der Waals surface area contributed by atoms with Crippen LogP contribution in [0.1, 0.15) is 110 Å². The van der Waals surface area contributed by atoms with Crippen LogP contribution < -0.4 is 0 Å². The van der Waals surface area contributed by atoms with E-state index in [1.54, 1.807) is 0 Å². The number of nitrogens with zero attached hydrogens (tertiary/aromatic N) is 1. The summed E-state index contributed by atoms with van der Waals surface area (Å²) in [6.07, 6.45) is 23.4. The van der Waals surface area contributed by atoms with Gasteiger partial charge < -0.3 is 4.90 Å². The fraction of sp³-hybridized carbons (Fsp3) is 1.00. The Labute approximate surface area is 156 Å². The van der Waals surface area contributed by atoms with E-state index in [1.165, 1.54) is 103 Å². The van der Waals surface area contributed by atoms with Crippen molar-refractivity contribution < 1.29 is 0 Å². The van der Waals surface area contributed by atoms with E-state index in [4.69, 9.17) is 0 Å². The standard InChI is InChI=1S/C22H49NSi/c1-6-7-8-9-10-11-12-13-14-15-16-17-18-19-20-21-22(23(2)3)24(4)5/h22,24H,6-21H2,1-5H3. The first-order valence-corrected chi connectivity index (χ1v) is 14.2. The average Bonchev–Trinajstić information content (AvgIpc) is 2.53. The first kappa shape index (κ1) is 24.2. The molecular formula is C22H49NSi. The van der Waals surface area contributed by atoms with Gasteiger partial charge in [0, 0.05) is 0 Å². The molecule has 0 aromatic rings. The van der Waals surface area contributed by atoms with E-state index in [2.05, 4.69) is 39.0 Å². The second kappa shape index (κ2) is 18.0. The SMILES string of the molecule is CCCCCCCCCCCCCCCCCC(N(C)C)[SiH](C)C. The summed E-state index contributed by atoms with van der Waals surface area (Å²) in [4.78, 5) is 2.47. The summed E-state index contributed by atoms with van der Waals surface area (Å²) in [5.74, 6) is 0. The van der Waals surface area contributed by atoms with Crippen LogP contribution in [0.3, 0.4) is 0 Å². The van der Waals surface area contributed by atoms with Crippen molar-refractivity contribution in [1.29, 1.82) is 0 Å². The molecule has 0 amide bonds. The molecule has 0 spiro atoms. The summed E-state index contributed by atoms with van der Waals surface area (Å²) in [7, 11) is 4.02. The third-order valence-corrected chi connectivity index (χ3v) is 8.00. The Morgan fingerprint density at radius 3 is 1.21 bits per heavy atom. The van der Waals surface area contributed by atoms with Crippen molar-refractivity contribution >= 4 is 8.80 Å². The Balaban J connectivity index is 3.20. The van der Waals surface area contributed by atoms with Crippen molar-refractivity contribution in [3.8, 4) is 0 Å². The highest BCUT2D eigenvalue weighted by molar-refractivity contribution is 6.57. The van der Waals surface area contributed by atoms with E-state index in [0.29, 0.717) is 0 Å². The second-order valence-corrected chi connectivity index (χ2v) is 11.8. The highest BCUT2D eigenvalue weighted by Gasteiger charge is 2.15. The predicted octanol–water partition coefficient (Wildman–Crippen LogP) is 7.20. The topological polar surface area (TPSA) is 3.24 Å². The zero-order valence-corrected chi connectivity index (χ0v) is 19.1. The summed E-state index contributed by atoms with van der Waals surface area (Å²) in [6, 6.07) is 0. The Bertz CT molecular complexity index is 232. The third-order valence-electron chi connectivity index (χ3n) is 5.54. The van der Waals surface area contributed by atoms with Crippen molar-refractivity contribution in [2.45, 2.75) is 128 Å². The molecule has 0 N–H and O–H groups in total. The van der Waals surface area contributed by atoms with Crippen LogP contribution >= 0.6 is 0 Å². The van der Waals surface area contributed by atoms with E-state index in [0.717, 1.165) is 5.67 Å². The molecule has 0 rings (SSSR count). The molecule has 0 bridgehead atoms. The van der Waals surface area contributed by atoms with Gasteiger partial charge in [0.25, 0.3) is 0 Å². The van der Waals surface area contributed by atoms with Gasteiger partial charge in [-0.1, -0.05) is 116 Å². The van der Waals surface area contributed by atoms with Crippen LogP contribution in [-0.2, 0) is 0 Å². The average molecular weight is 356 g/mol. The molecule has 0 aromatic heterocycles. The van der Waals surface area contributed by atoms with Crippen LogP contribution in [0.2, 0.25) is 13.1 Å². The van der Waals surface area contributed by atoms with Crippen molar-refractivity contribution in [3.05, 3.63) is 0 Å². The van der Waals surface area contributed by atoms with Crippen molar-refractivity contribution in [2.24, 2.45) is 0 Å². The van der Waals surface area contributed by atoms with Crippen LogP contribution in [0.4, 0.5) is 0 Å². The second-order valence-electron chi connectivity index (χ2n) is 8.51. The Hall–Kier alpha value is 0.177. The lowest BCUT2D eigenvalue weighted by Crippen LogP contribution is -2.38. The molecule has 0 aliphatic rings. The highest BCUT2D eigenvalue weighted by atomic mass is 28.3. The number of hydrogen-bond donors (Lipinski definition) is 0. The van der Waals surface area contributed by atoms with E-state index >= 15 is 0 Å². The summed E-state index contributed by atoms with van der Waals surface area (Å²) in [5, 5.41) is 0. The van der Waals surface area contributed by atoms with Crippen molar-refractivity contribution in [1.82, 2.24) is 4.90 Å². The molecule has 0 aliphatic carbocycles. The van der Waals surface area contributed by atoms with Crippen LogP contribution in [-0.4, -0.2) is 33.5 Å². The number of unbranched alkanes of at least 4 members (excludes halogenated alkanes) is 14. The smallest absolute Gasteiger partial charge is 0.0508 e. The Morgan fingerprint density at radius 2 is 0.917 bits per heavy atom. The lowest BCUT2D eigenvalue weighted by Gasteiger charge is -2.27. The van der Waals surface area contributed by atoms with Gasteiger partial charge in [0.15, 0.2) is 0 Å². The van der Waals surface area contributed by atoms with Gasteiger partial charge in [-0.3, -0.25) is 0 Å². The predicted molar refractivity (Wildman–Crippen MR) is 116 cm³/mol. The maximum Gasteiger partial charge on any atom is 0.0508 e. The lowest BCUT2D eigenvalue weighted by atomic mass is 10.0. The van der Waals surface area contributed by atoms with Gasteiger partial charge in [-0.05, 0) is 26.2 Å². The maximum absolute atomic E-state index is 2.50. The highest BCUT2D eigenvalue weighted by Crippen LogP contribution is 2.15. The van der Waals surface area contributed by atoms with Gasteiger partial charge in [-0.15, -0.1) is 0 Å². The molecule has 1 nitrogen and oxygen atoms in total. The molecule has 0 fully saturated rings. The van der Waals surface area contributed by atoms with Gasteiger partial charge in [-0.2, -0.15) is 0 Å². The normalized spacial score (nSPS) is 13.1. The molecule has 0 aliphatic heterocycles. The van der Waals surface area contributed by atoms with Crippen LogP contribution in [0, 0.1) is 0 Å². The van der Waals surface area contributed by atoms with Gasteiger partial charge >= 0.3 is 0 Å². The molecule has 0 radical (unpaired) electrons. The van der Waals surface area contributed by atoms with Gasteiger partial charge in [0.05, 0.1) is 8.80 Å². The van der Waals surface area contributed by atoms with Gasteiger partial charge in [0.1, 0.15) is 0 Å². The molecule has 146 valence electrons. The van der Waals surface area contributed by atoms with E-state index in [-0.39, 0.29) is 0 Å². The first-order valence-electron chi connectivity index (χ1n) is 11.3. The minimum Gasteiger partial charge on any atom is -0.310 e. The van der Waals surface area contributed by atoms with Gasteiger partial charge in [0.2, 0.25) is 0 Å². The quantitative estimate of drug-likeness (QED) is 0.185. The van der Waals surface area contributed by atoms with E-state index in [9.17, 15) is 0 Å². The Kier molecular flexibility index (Phi) is 18.1. The summed E-state index contributed by atoms with van der Waals surface area (Å²) in [6.45, 7) is 7.29. The molecule has 0 saturated carbocycles. The van der Waals surface area contributed by atoms with E-state index in [1.807, 2.05) is 0 Å². The largest absolute Gasteiger partial charge is 0.310 e. The van der Waals surface area contributed by atoms with Crippen LogP contribution in [0.15, 0.2) is 0 Å². The summed E-state index contributed by atoms with van der Waals surface area (Å²) in [5.41, 5.74) is 0.909. The lowest BCUT2D eigenvalue weighted by molar-refractivity contribution is 0.343. The molecule has 0 aromatic carbocycles. The fourth-order valence-corrected chi connectivity index (χ4v) is 6.01. The van der Waals surface area contributed by atoms with Crippen LogP contribution in [0.5, 0.6) is 0 Å². The van der Waals surface area contributed by atoms with E-state index < -0.39 is 8.80 Å². The van der Waals surface area contributed by atoms with Gasteiger partial charge in [-0.25, -0.2) is 0 Å². The zero-order valence-electron chi connectivity index (χ0n) is 17.9. The molecule has 1 unspecified atom stereocenters. The Morgan fingerprint density at radius 1 is 0.583 bits per heavy atom. The molecule has 24 heavy (non-hydrogen) atoms. The molecule has 0 saturated heterocycles.